The molecular formula is C13H16N2O3S. The van der Waals surface area contributed by atoms with Crippen LogP contribution in [0.5, 0.6) is 0 Å². The lowest BCUT2D eigenvalue weighted by Gasteiger charge is -2.10. The average molecular weight is 280 g/mol. The highest BCUT2D eigenvalue weighted by Gasteiger charge is 2.19. The van der Waals surface area contributed by atoms with Gasteiger partial charge in [0, 0.05) is 6.07 Å². The van der Waals surface area contributed by atoms with Gasteiger partial charge < -0.3 is 4.52 Å². The lowest BCUT2D eigenvalue weighted by Crippen LogP contribution is -2.15. The summed E-state index contributed by atoms with van der Waals surface area (Å²) in [4.78, 5) is 0.260. The predicted octanol–water partition coefficient (Wildman–Crippen LogP) is 2.71. The van der Waals surface area contributed by atoms with Gasteiger partial charge in [0.2, 0.25) is 0 Å². The van der Waals surface area contributed by atoms with Crippen molar-refractivity contribution >= 4 is 15.8 Å². The van der Waals surface area contributed by atoms with Crippen molar-refractivity contribution in [3.8, 4) is 0 Å². The van der Waals surface area contributed by atoms with Gasteiger partial charge in [-0.3, -0.25) is 4.72 Å². The van der Waals surface area contributed by atoms with Crippen LogP contribution >= 0.6 is 0 Å². The number of sulfonamides is 1. The molecule has 0 unspecified atom stereocenters. The van der Waals surface area contributed by atoms with E-state index in [1.54, 1.807) is 19.9 Å². The van der Waals surface area contributed by atoms with Crippen LogP contribution in [0.2, 0.25) is 0 Å². The van der Waals surface area contributed by atoms with Gasteiger partial charge in [0.1, 0.15) is 5.76 Å². The van der Waals surface area contributed by atoms with Gasteiger partial charge in [-0.1, -0.05) is 11.2 Å². The Morgan fingerprint density at radius 1 is 1.00 bits per heavy atom. The lowest BCUT2D eigenvalue weighted by molar-refractivity contribution is 0.400. The van der Waals surface area contributed by atoms with Gasteiger partial charge in [-0.25, -0.2) is 8.42 Å². The maximum atomic E-state index is 12.3. The molecule has 1 heterocycles. The third-order valence-corrected chi connectivity index (χ3v) is 4.44. The molecule has 102 valence electrons. The molecule has 1 aromatic carbocycles. The van der Waals surface area contributed by atoms with Gasteiger partial charge in [0.25, 0.3) is 10.0 Å². The molecule has 2 aromatic rings. The van der Waals surface area contributed by atoms with Crippen LogP contribution in [-0.4, -0.2) is 13.6 Å². The van der Waals surface area contributed by atoms with Crippen molar-refractivity contribution in [2.24, 2.45) is 0 Å². The molecule has 0 saturated heterocycles. The molecule has 0 bridgehead atoms. The van der Waals surface area contributed by atoms with Crippen molar-refractivity contribution in [1.29, 1.82) is 0 Å². The van der Waals surface area contributed by atoms with Gasteiger partial charge in [-0.2, -0.15) is 0 Å². The van der Waals surface area contributed by atoms with Crippen LogP contribution in [0.3, 0.4) is 0 Å². The van der Waals surface area contributed by atoms with Crippen LogP contribution in [0.25, 0.3) is 0 Å². The summed E-state index contributed by atoms with van der Waals surface area (Å²) in [5.41, 5.74) is 2.70. The first-order chi connectivity index (χ1) is 8.79. The Hall–Kier alpha value is -1.82. The van der Waals surface area contributed by atoms with Crippen LogP contribution in [0.1, 0.15) is 22.5 Å². The number of aromatic nitrogens is 1. The SMILES string of the molecule is Cc1cc(NS(=O)(=O)c2cc(C)c(C)cc2C)no1. The van der Waals surface area contributed by atoms with E-state index in [1.165, 1.54) is 6.07 Å². The molecule has 0 fully saturated rings. The maximum absolute atomic E-state index is 12.3. The summed E-state index contributed by atoms with van der Waals surface area (Å²) in [5, 5.41) is 3.63. The standard InChI is InChI=1S/C13H16N2O3S/c1-8-5-10(3)12(6-9(8)2)19(16,17)15-13-7-11(4)18-14-13/h5-7H,1-4H3,(H,14,15). The molecule has 0 saturated carbocycles. The molecular weight excluding hydrogens is 264 g/mol. The van der Waals surface area contributed by atoms with Gasteiger partial charge >= 0.3 is 0 Å². The monoisotopic (exact) mass is 280 g/mol. The molecule has 0 atom stereocenters. The summed E-state index contributed by atoms with van der Waals surface area (Å²) in [6, 6.07) is 5.06. The fourth-order valence-electron chi connectivity index (χ4n) is 1.83. The van der Waals surface area contributed by atoms with Crippen LogP contribution in [0.15, 0.2) is 27.6 Å². The zero-order chi connectivity index (χ0) is 14.2. The Kier molecular flexibility index (Phi) is 3.36. The molecule has 0 spiro atoms. The normalized spacial score (nSPS) is 11.6. The Morgan fingerprint density at radius 2 is 1.63 bits per heavy atom. The second-order valence-corrected chi connectivity index (χ2v) is 6.28. The van der Waals surface area contributed by atoms with E-state index in [2.05, 4.69) is 9.88 Å². The summed E-state index contributed by atoms with van der Waals surface area (Å²) < 4.78 is 31.9. The number of nitrogens with zero attached hydrogens (tertiary/aromatic N) is 1. The van der Waals surface area contributed by atoms with Gasteiger partial charge in [0.15, 0.2) is 5.82 Å². The zero-order valence-corrected chi connectivity index (χ0v) is 12.1. The molecule has 0 aliphatic carbocycles. The average Bonchev–Trinajstić information content (AvgIpc) is 2.68. The van der Waals surface area contributed by atoms with Crippen LogP contribution in [-0.2, 0) is 10.0 Å². The molecule has 6 heteroatoms. The molecule has 2 rings (SSSR count). The fraction of sp³-hybridized carbons (Fsp3) is 0.308. The zero-order valence-electron chi connectivity index (χ0n) is 11.3. The minimum absolute atomic E-state index is 0.190. The number of anilines is 1. The fourth-order valence-corrected chi connectivity index (χ4v) is 3.13. The van der Waals surface area contributed by atoms with Crippen molar-refractivity contribution in [1.82, 2.24) is 5.16 Å². The third-order valence-electron chi connectivity index (χ3n) is 2.95. The molecule has 19 heavy (non-hydrogen) atoms. The first kappa shape index (κ1) is 13.6. The second kappa shape index (κ2) is 4.70. The molecule has 1 aromatic heterocycles. The van der Waals surface area contributed by atoms with Crippen molar-refractivity contribution < 1.29 is 12.9 Å². The van der Waals surface area contributed by atoms with Crippen LogP contribution < -0.4 is 4.72 Å². The highest BCUT2D eigenvalue weighted by molar-refractivity contribution is 7.92. The smallest absolute Gasteiger partial charge is 0.263 e. The minimum atomic E-state index is -3.64. The van der Waals surface area contributed by atoms with Crippen molar-refractivity contribution in [3.63, 3.8) is 0 Å². The van der Waals surface area contributed by atoms with E-state index in [0.29, 0.717) is 11.3 Å². The summed E-state index contributed by atoms with van der Waals surface area (Å²) in [5.74, 6) is 0.740. The van der Waals surface area contributed by atoms with Crippen molar-refractivity contribution in [2.45, 2.75) is 32.6 Å². The molecule has 0 aliphatic rings. The third kappa shape index (κ3) is 2.78. The Labute approximate surface area is 112 Å². The van der Waals surface area contributed by atoms with Gasteiger partial charge in [0.05, 0.1) is 4.90 Å². The van der Waals surface area contributed by atoms with E-state index in [9.17, 15) is 8.42 Å². The molecule has 0 aliphatic heterocycles. The van der Waals surface area contributed by atoms with E-state index in [4.69, 9.17) is 4.52 Å². The largest absolute Gasteiger partial charge is 0.360 e. The van der Waals surface area contributed by atoms with E-state index < -0.39 is 10.0 Å². The van der Waals surface area contributed by atoms with Crippen LogP contribution in [0, 0.1) is 27.7 Å². The Bertz CT molecular complexity index is 717. The highest BCUT2D eigenvalue weighted by atomic mass is 32.2. The van der Waals surface area contributed by atoms with Gasteiger partial charge in [-0.05, 0) is 50.5 Å². The summed E-state index contributed by atoms with van der Waals surface area (Å²) in [7, 11) is -3.64. The number of benzene rings is 1. The van der Waals surface area contributed by atoms with E-state index in [1.807, 2.05) is 19.9 Å². The highest BCUT2D eigenvalue weighted by Crippen LogP contribution is 2.22. The lowest BCUT2D eigenvalue weighted by atomic mass is 10.1. The summed E-state index contributed by atoms with van der Waals surface area (Å²) in [6.07, 6.45) is 0. The minimum Gasteiger partial charge on any atom is -0.360 e. The Morgan fingerprint density at radius 3 is 2.21 bits per heavy atom. The molecule has 0 amide bonds. The van der Waals surface area contributed by atoms with Crippen molar-refractivity contribution in [3.05, 3.63) is 40.6 Å². The van der Waals surface area contributed by atoms with Gasteiger partial charge in [-0.15, -0.1) is 0 Å². The second-order valence-electron chi connectivity index (χ2n) is 4.63. The Balaban J connectivity index is 2.42. The molecule has 1 N–H and O–H groups in total. The van der Waals surface area contributed by atoms with Crippen molar-refractivity contribution in [2.75, 3.05) is 4.72 Å². The molecule has 5 nitrogen and oxygen atoms in total. The maximum Gasteiger partial charge on any atom is 0.263 e. The van der Waals surface area contributed by atoms with E-state index in [0.717, 1.165) is 11.1 Å². The number of hydrogen-bond donors (Lipinski definition) is 1. The van der Waals surface area contributed by atoms with E-state index in [-0.39, 0.29) is 10.7 Å². The predicted molar refractivity (Wildman–Crippen MR) is 72.7 cm³/mol. The number of aryl methyl sites for hydroxylation is 4. The first-order valence-corrected chi connectivity index (χ1v) is 7.32. The number of rotatable bonds is 3. The molecule has 0 radical (unpaired) electrons. The first-order valence-electron chi connectivity index (χ1n) is 5.83. The summed E-state index contributed by atoms with van der Waals surface area (Å²) in [6.45, 7) is 7.31. The van der Waals surface area contributed by atoms with Crippen LogP contribution in [0.4, 0.5) is 5.82 Å². The topological polar surface area (TPSA) is 72.2 Å². The number of hydrogen-bond acceptors (Lipinski definition) is 4. The number of nitrogens with one attached hydrogen (secondary N) is 1. The van der Waals surface area contributed by atoms with E-state index >= 15 is 0 Å². The quantitative estimate of drug-likeness (QED) is 0.938. The summed E-state index contributed by atoms with van der Waals surface area (Å²) >= 11 is 0.